The van der Waals surface area contributed by atoms with Crippen molar-refractivity contribution < 1.29 is 9.15 Å². The van der Waals surface area contributed by atoms with Crippen molar-refractivity contribution in [2.75, 3.05) is 0 Å². The van der Waals surface area contributed by atoms with E-state index in [2.05, 4.69) is 194 Å². The van der Waals surface area contributed by atoms with Gasteiger partial charge in [0, 0.05) is 21.9 Å². The van der Waals surface area contributed by atoms with Gasteiger partial charge in [0.25, 0.3) is 0 Å². The van der Waals surface area contributed by atoms with Gasteiger partial charge in [0.15, 0.2) is 0 Å². The van der Waals surface area contributed by atoms with E-state index in [-0.39, 0.29) is 0 Å². The van der Waals surface area contributed by atoms with Gasteiger partial charge in [0.2, 0.25) is 0 Å². The topological polar surface area (TPSA) is 22.4 Å². The molecule has 1 aliphatic heterocycles. The molecule has 0 atom stereocenters. The molecule has 0 amide bonds. The molecule has 1 aliphatic carbocycles. The summed E-state index contributed by atoms with van der Waals surface area (Å²) in [5, 5.41) is 4.68. The second-order valence-electron chi connectivity index (χ2n) is 14.8. The van der Waals surface area contributed by atoms with E-state index < -0.39 is 5.41 Å². The Labute approximate surface area is 318 Å². The summed E-state index contributed by atoms with van der Waals surface area (Å²) in [7, 11) is 0. The van der Waals surface area contributed by atoms with Gasteiger partial charge in [-0.3, -0.25) is 0 Å². The van der Waals surface area contributed by atoms with Crippen molar-refractivity contribution in [1.82, 2.24) is 0 Å². The molecule has 2 nitrogen and oxygen atoms in total. The van der Waals surface area contributed by atoms with Crippen LogP contribution in [0.1, 0.15) is 22.3 Å². The number of benzene rings is 9. The van der Waals surface area contributed by atoms with Gasteiger partial charge in [-0.05, 0) is 109 Å². The molecule has 256 valence electrons. The van der Waals surface area contributed by atoms with E-state index in [0.717, 1.165) is 66.8 Å². The van der Waals surface area contributed by atoms with Crippen LogP contribution >= 0.6 is 0 Å². The minimum absolute atomic E-state index is 0.492. The van der Waals surface area contributed by atoms with Gasteiger partial charge < -0.3 is 9.15 Å². The minimum atomic E-state index is -0.492. The van der Waals surface area contributed by atoms with Crippen molar-refractivity contribution >= 4 is 32.7 Å². The van der Waals surface area contributed by atoms with Crippen LogP contribution in [0, 0.1) is 0 Å². The molecule has 2 aliphatic rings. The Morgan fingerprint density at radius 3 is 1.76 bits per heavy atom. The Bertz CT molecular complexity index is 3140. The molecule has 55 heavy (non-hydrogen) atoms. The second-order valence-corrected chi connectivity index (χ2v) is 14.8. The minimum Gasteiger partial charge on any atom is -0.457 e. The van der Waals surface area contributed by atoms with E-state index in [0.29, 0.717) is 0 Å². The third kappa shape index (κ3) is 4.25. The summed E-state index contributed by atoms with van der Waals surface area (Å²) in [6.45, 7) is 0. The van der Waals surface area contributed by atoms with Crippen molar-refractivity contribution in [2.24, 2.45) is 0 Å². The summed E-state index contributed by atoms with van der Waals surface area (Å²) in [5.41, 5.74) is 15.6. The molecule has 12 rings (SSSR count). The lowest BCUT2D eigenvalue weighted by atomic mass is 9.66. The molecule has 1 aromatic heterocycles. The molecule has 0 unspecified atom stereocenters. The molecule has 1 spiro atoms. The van der Waals surface area contributed by atoms with Gasteiger partial charge in [0.1, 0.15) is 22.7 Å². The van der Waals surface area contributed by atoms with E-state index >= 15 is 0 Å². The quantitative estimate of drug-likeness (QED) is 0.183. The van der Waals surface area contributed by atoms with Crippen LogP contribution in [0.4, 0.5) is 0 Å². The van der Waals surface area contributed by atoms with E-state index in [1.165, 1.54) is 44.2 Å². The standard InChI is InChI=1S/C53H32O2/c1-2-13-33(14-3-1)36-29-37(31-38(30-36)40-19-12-24-48-52(40)51-39-16-5-4-15-34(39)26-28-49(51)55-48)35-25-27-46-50(32-35)54-47-23-11-10-22-45(47)53(46)43-20-8-6-17-41(43)42-18-7-9-21-44(42)53/h1-32H. The highest BCUT2D eigenvalue weighted by atomic mass is 16.5. The fraction of sp³-hybridized carbons (Fsp3) is 0.0189. The first kappa shape index (κ1) is 30.3. The third-order valence-electron chi connectivity index (χ3n) is 11.9. The number of para-hydroxylation sites is 1. The van der Waals surface area contributed by atoms with Crippen molar-refractivity contribution in [2.45, 2.75) is 5.41 Å². The molecule has 0 bridgehead atoms. The lowest BCUT2D eigenvalue weighted by molar-refractivity contribution is 0.436. The first-order valence-electron chi connectivity index (χ1n) is 18.9. The second kappa shape index (κ2) is 11.4. The van der Waals surface area contributed by atoms with Gasteiger partial charge in [-0.25, -0.2) is 0 Å². The predicted octanol–water partition coefficient (Wildman–Crippen LogP) is 14.2. The fourth-order valence-electron chi connectivity index (χ4n) is 9.62. The summed E-state index contributed by atoms with van der Waals surface area (Å²) in [5.74, 6) is 1.77. The van der Waals surface area contributed by atoms with Gasteiger partial charge >= 0.3 is 0 Å². The van der Waals surface area contributed by atoms with Crippen molar-refractivity contribution in [3.63, 3.8) is 0 Å². The molecular formula is C53H32O2. The van der Waals surface area contributed by atoms with Crippen LogP contribution in [0.25, 0.3) is 77.2 Å². The van der Waals surface area contributed by atoms with Crippen LogP contribution in [-0.4, -0.2) is 0 Å². The molecule has 2 heterocycles. The fourth-order valence-corrected chi connectivity index (χ4v) is 9.62. The Morgan fingerprint density at radius 1 is 0.327 bits per heavy atom. The highest BCUT2D eigenvalue weighted by molar-refractivity contribution is 6.22. The first-order chi connectivity index (χ1) is 27.3. The average Bonchev–Trinajstić information content (AvgIpc) is 3.78. The number of ether oxygens (including phenoxy) is 1. The summed E-state index contributed by atoms with van der Waals surface area (Å²) in [4.78, 5) is 0. The summed E-state index contributed by atoms with van der Waals surface area (Å²) < 4.78 is 13.4. The maximum absolute atomic E-state index is 6.91. The van der Waals surface area contributed by atoms with Crippen LogP contribution in [0.3, 0.4) is 0 Å². The van der Waals surface area contributed by atoms with Crippen LogP contribution in [0.5, 0.6) is 11.5 Å². The molecule has 0 saturated heterocycles. The normalized spacial score (nSPS) is 13.4. The molecule has 0 radical (unpaired) electrons. The van der Waals surface area contributed by atoms with E-state index in [1.54, 1.807) is 0 Å². The van der Waals surface area contributed by atoms with Gasteiger partial charge in [-0.1, -0.05) is 152 Å². The summed E-state index contributed by atoms with van der Waals surface area (Å²) in [6, 6.07) is 70.1. The highest BCUT2D eigenvalue weighted by Crippen LogP contribution is 2.62. The molecule has 0 saturated carbocycles. The zero-order valence-corrected chi connectivity index (χ0v) is 29.8. The predicted molar refractivity (Wildman–Crippen MR) is 225 cm³/mol. The Morgan fingerprint density at radius 2 is 0.945 bits per heavy atom. The van der Waals surface area contributed by atoms with E-state index in [9.17, 15) is 0 Å². The average molecular weight is 701 g/mol. The maximum Gasteiger partial charge on any atom is 0.136 e. The number of fused-ring (bicyclic) bond motifs is 14. The largest absolute Gasteiger partial charge is 0.457 e. The highest BCUT2D eigenvalue weighted by Gasteiger charge is 2.50. The van der Waals surface area contributed by atoms with E-state index in [1.807, 2.05) is 0 Å². The monoisotopic (exact) mass is 700 g/mol. The van der Waals surface area contributed by atoms with Crippen molar-refractivity contribution in [3.05, 3.63) is 216 Å². The van der Waals surface area contributed by atoms with Crippen molar-refractivity contribution in [1.29, 1.82) is 0 Å². The maximum atomic E-state index is 6.91. The molecule has 9 aromatic carbocycles. The van der Waals surface area contributed by atoms with Crippen LogP contribution < -0.4 is 4.74 Å². The molecule has 2 heteroatoms. The number of rotatable bonds is 3. The molecule has 0 fully saturated rings. The lowest BCUT2D eigenvalue weighted by Gasteiger charge is -2.39. The zero-order chi connectivity index (χ0) is 36.1. The lowest BCUT2D eigenvalue weighted by Crippen LogP contribution is -2.32. The molecule has 0 N–H and O–H groups in total. The number of hydrogen-bond donors (Lipinski definition) is 0. The van der Waals surface area contributed by atoms with Gasteiger partial charge in [-0.15, -0.1) is 0 Å². The van der Waals surface area contributed by atoms with Crippen LogP contribution in [0.2, 0.25) is 0 Å². The summed E-state index contributed by atoms with van der Waals surface area (Å²) in [6.07, 6.45) is 0. The SMILES string of the molecule is c1ccc(-c2cc(-c3ccc4c(c3)Oc3ccccc3C43c4ccccc4-c4ccccc43)cc(-c3cccc4oc5ccc6ccccc6c5c34)c2)cc1. The van der Waals surface area contributed by atoms with E-state index in [4.69, 9.17) is 9.15 Å². The number of furan rings is 1. The Kier molecular flexibility index (Phi) is 6.29. The Hall–Kier alpha value is -7.16. The van der Waals surface area contributed by atoms with Crippen LogP contribution in [0.15, 0.2) is 199 Å². The van der Waals surface area contributed by atoms with Gasteiger partial charge in [-0.2, -0.15) is 0 Å². The third-order valence-corrected chi connectivity index (χ3v) is 11.9. The van der Waals surface area contributed by atoms with Crippen LogP contribution in [-0.2, 0) is 5.41 Å². The van der Waals surface area contributed by atoms with Gasteiger partial charge in [0.05, 0.1) is 5.41 Å². The number of hydrogen-bond acceptors (Lipinski definition) is 2. The summed E-state index contributed by atoms with van der Waals surface area (Å²) >= 11 is 0. The molecule has 10 aromatic rings. The Balaban J connectivity index is 1.10. The smallest absolute Gasteiger partial charge is 0.136 e. The molecular weight excluding hydrogens is 669 g/mol. The van der Waals surface area contributed by atoms with Crippen molar-refractivity contribution in [3.8, 4) is 56.0 Å². The zero-order valence-electron chi connectivity index (χ0n) is 29.8. The first-order valence-corrected chi connectivity index (χ1v) is 18.9.